The molecule has 0 atom stereocenters. The van der Waals surface area contributed by atoms with Crippen molar-refractivity contribution in [2.45, 2.75) is 0 Å². The first-order valence-corrected chi connectivity index (χ1v) is 4.05. The van der Waals surface area contributed by atoms with Gasteiger partial charge in [-0.25, -0.2) is 0 Å². The van der Waals surface area contributed by atoms with Crippen LogP contribution < -0.4 is 0 Å². The standard InChI is InChI=1S/C11H6F2N.CH3.Ir/c12-8-4-5-9(10(13)7-8)11-3-1-2-6-14-11;;/h1-4,6-7H;1H3;/q2*-1;. The third-order valence-corrected chi connectivity index (χ3v) is 1.78. The Labute approximate surface area is 107 Å². The summed E-state index contributed by atoms with van der Waals surface area (Å²) in [6, 6.07) is 9.53. The molecule has 1 heterocycles. The second kappa shape index (κ2) is 6.46. The minimum Gasteiger partial charge on any atom is -0.358 e. The largest absolute Gasteiger partial charge is 0.358 e. The first-order chi connectivity index (χ1) is 6.77. The van der Waals surface area contributed by atoms with Crippen LogP contribution in [0.2, 0.25) is 0 Å². The third kappa shape index (κ3) is 3.19. The van der Waals surface area contributed by atoms with Gasteiger partial charge in [0.15, 0.2) is 0 Å². The first kappa shape index (κ1) is 14.9. The summed E-state index contributed by atoms with van der Waals surface area (Å²) in [5.74, 6) is -1.29. The molecule has 0 saturated carbocycles. The summed E-state index contributed by atoms with van der Waals surface area (Å²) in [6.07, 6.45) is 1.55. The fourth-order valence-electron chi connectivity index (χ4n) is 1.15. The summed E-state index contributed by atoms with van der Waals surface area (Å²) >= 11 is 0. The number of nitrogens with zero attached hydrogens (tertiary/aromatic N) is 1. The Balaban J connectivity index is 0.00000112. The van der Waals surface area contributed by atoms with Gasteiger partial charge in [-0.1, -0.05) is 23.8 Å². The molecule has 0 fully saturated rings. The Hall–Kier alpha value is -1.12. The molecule has 2 aromatic rings. The topological polar surface area (TPSA) is 12.9 Å². The van der Waals surface area contributed by atoms with Crippen LogP contribution in [0.25, 0.3) is 11.3 Å². The summed E-state index contributed by atoms with van der Waals surface area (Å²) in [4.78, 5) is 3.95. The predicted octanol–water partition coefficient (Wildman–Crippen LogP) is 3.27. The number of aromatic nitrogens is 1. The average Bonchev–Trinajstić information content (AvgIpc) is 2.19. The van der Waals surface area contributed by atoms with Gasteiger partial charge in [-0.15, -0.1) is 12.1 Å². The molecule has 4 heteroatoms. The van der Waals surface area contributed by atoms with E-state index in [0.717, 1.165) is 12.1 Å². The van der Waals surface area contributed by atoms with E-state index in [1.165, 1.54) is 0 Å². The average molecular weight is 397 g/mol. The molecule has 2 rings (SSSR count). The van der Waals surface area contributed by atoms with E-state index >= 15 is 0 Å². The van der Waals surface area contributed by atoms with E-state index < -0.39 is 11.6 Å². The first-order valence-electron chi connectivity index (χ1n) is 4.05. The molecule has 0 amide bonds. The van der Waals surface area contributed by atoms with Crippen molar-refractivity contribution in [3.05, 3.63) is 61.7 Å². The van der Waals surface area contributed by atoms with Crippen LogP contribution in [0.5, 0.6) is 0 Å². The van der Waals surface area contributed by atoms with E-state index in [2.05, 4.69) is 11.1 Å². The maximum Gasteiger partial charge on any atom is 0.0408 e. The van der Waals surface area contributed by atoms with Crippen LogP contribution in [0.15, 0.2) is 36.5 Å². The van der Waals surface area contributed by atoms with E-state index in [1.54, 1.807) is 24.4 Å². The molecule has 87 valence electrons. The fraction of sp³-hybridized carbons (Fsp3) is 0. The molecule has 1 aromatic heterocycles. The molecule has 1 aromatic carbocycles. The van der Waals surface area contributed by atoms with Gasteiger partial charge in [0.25, 0.3) is 0 Å². The molecule has 1 radical (unpaired) electrons. The SMILES string of the molecule is Fc1c[c-]c(-c2ccccn2)c(F)c1.[CH3-].[Ir]. The van der Waals surface area contributed by atoms with E-state index in [1.807, 2.05) is 0 Å². The molecule has 0 aliphatic heterocycles. The number of halogens is 2. The van der Waals surface area contributed by atoms with Crippen LogP contribution in [0, 0.1) is 25.1 Å². The van der Waals surface area contributed by atoms with Crippen molar-refractivity contribution in [3.63, 3.8) is 0 Å². The van der Waals surface area contributed by atoms with Gasteiger partial charge < -0.3 is 12.4 Å². The second-order valence-electron chi connectivity index (χ2n) is 2.76. The van der Waals surface area contributed by atoms with Crippen molar-refractivity contribution in [3.8, 4) is 11.3 Å². The van der Waals surface area contributed by atoms with Crippen molar-refractivity contribution in [1.29, 1.82) is 0 Å². The van der Waals surface area contributed by atoms with Gasteiger partial charge in [0.2, 0.25) is 0 Å². The maximum atomic E-state index is 13.2. The van der Waals surface area contributed by atoms with Crippen molar-refractivity contribution >= 4 is 0 Å². The number of hydrogen-bond donors (Lipinski definition) is 0. The molecule has 0 saturated heterocycles. The summed E-state index contributed by atoms with van der Waals surface area (Å²) in [7, 11) is 0. The third-order valence-electron chi connectivity index (χ3n) is 1.78. The Morgan fingerprint density at radius 2 is 1.94 bits per heavy atom. The molecular formula is C12H9F2IrN-2. The number of pyridine rings is 1. The van der Waals surface area contributed by atoms with Crippen LogP contribution >= 0.6 is 0 Å². The van der Waals surface area contributed by atoms with E-state index in [4.69, 9.17) is 0 Å². The normalized spacial score (nSPS) is 8.88. The second-order valence-corrected chi connectivity index (χ2v) is 2.76. The summed E-state index contributed by atoms with van der Waals surface area (Å²) in [6.45, 7) is 0. The molecule has 0 aliphatic rings. The Kier molecular flexibility index (Phi) is 6.01. The smallest absolute Gasteiger partial charge is 0.0408 e. The summed E-state index contributed by atoms with van der Waals surface area (Å²) < 4.78 is 25.8. The molecule has 1 nitrogen and oxygen atoms in total. The van der Waals surface area contributed by atoms with Gasteiger partial charge >= 0.3 is 0 Å². The van der Waals surface area contributed by atoms with E-state index in [9.17, 15) is 8.78 Å². The minimum absolute atomic E-state index is 0. The van der Waals surface area contributed by atoms with Gasteiger partial charge in [0, 0.05) is 37.9 Å². The van der Waals surface area contributed by atoms with Gasteiger partial charge in [-0.05, 0) is 11.8 Å². The van der Waals surface area contributed by atoms with Crippen molar-refractivity contribution in [2.75, 3.05) is 0 Å². The van der Waals surface area contributed by atoms with Gasteiger partial charge in [-0.3, -0.25) is 8.78 Å². The van der Waals surface area contributed by atoms with Crippen LogP contribution in [0.4, 0.5) is 8.78 Å². The summed E-state index contributed by atoms with van der Waals surface area (Å²) in [5, 5.41) is 0. The molecule has 0 unspecified atom stereocenters. The van der Waals surface area contributed by atoms with Crippen molar-refractivity contribution in [1.82, 2.24) is 4.98 Å². The predicted molar refractivity (Wildman–Crippen MR) is 54.8 cm³/mol. The van der Waals surface area contributed by atoms with Gasteiger partial charge in [-0.2, -0.15) is 0 Å². The Morgan fingerprint density at radius 1 is 1.19 bits per heavy atom. The van der Waals surface area contributed by atoms with Crippen LogP contribution in [-0.4, -0.2) is 4.98 Å². The molecule has 0 spiro atoms. The van der Waals surface area contributed by atoms with Crippen molar-refractivity contribution < 1.29 is 28.9 Å². The molecule has 0 bridgehead atoms. The van der Waals surface area contributed by atoms with Gasteiger partial charge in [0.1, 0.15) is 0 Å². The number of hydrogen-bond acceptors (Lipinski definition) is 1. The Morgan fingerprint density at radius 3 is 2.50 bits per heavy atom. The quantitative estimate of drug-likeness (QED) is 0.673. The van der Waals surface area contributed by atoms with Crippen LogP contribution in [-0.2, 0) is 20.1 Å². The summed E-state index contributed by atoms with van der Waals surface area (Å²) in [5.41, 5.74) is 0.636. The molecule has 0 N–H and O–H groups in total. The Bertz CT molecular complexity index is 446. The number of rotatable bonds is 1. The van der Waals surface area contributed by atoms with Crippen LogP contribution in [0.1, 0.15) is 0 Å². The van der Waals surface area contributed by atoms with Gasteiger partial charge in [0.05, 0.1) is 0 Å². The monoisotopic (exact) mass is 398 g/mol. The minimum atomic E-state index is -0.649. The van der Waals surface area contributed by atoms with Crippen molar-refractivity contribution in [2.24, 2.45) is 0 Å². The molecule has 0 aliphatic carbocycles. The number of benzene rings is 1. The van der Waals surface area contributed by atoms with E-state index in [0.29, 0.717) is 5.69 Å². The molecule has 16 heavy (non-hydrogen) atoms. The zero-order valence-corrected chi connectivity index (χ0v) is 10.9. The molecular weight excluding hydrogens is 388 g/mol. The van der Waals surface area contributed by atoms with E-state index in [-0.39, 0.29) is 33.1 Å². The zero-order chi connectivity index (χ0) is 9.97. The van der Waals surface area contributed by atoms with Crippen LogP contribution in [0.3, 0.4) is 0 Å². The maximum absolute atomic E-state index is 13.2. The zero-order valence-electron chi connectivity index (χ0n) is 8.50. The fourth-order valence-corrected chi connectivity index (χ4v) is 1.15.